The van der Waals surface area contributed by atoms with Crippen LogP contribution >= 0.6 is 12.6 Å². The van der Waals surface area contributed by atoms with Crippen LogP contribution in [0, 0.1) is 5.92 Å². The van der Waals surface area contributed by atoms with Gasteiger partial charge in [0, 0.05) is 25.2 Å². The lowest BCUT2D eigenvalue weighted by molar-refractivity contribution is -0.141. The zero-order chi connectivity index (χ0) is 27.0. The Kier molecular flexibility index (Phi) is 11.1. The molecule has 1 fully saturated rings. The summed E-state index contributed by atoms with van der Waals surface area (Å²) in [5.74, 6) is -0.949. The molecule has 1 saturated heterocycles. The number of carbonyl (C=O) groups is 3. The van der Waals surface area contributed by atoms with Crippen molar-refractivity contribution in [3.05, 3.63) is 41.1 Å². The third kappa shape index (κ3) is 8.18. The molecule has 0 radical (unpaired) electrons. The van der Waals surface area contributed by atoms with E-state index >= 15 is 0 Å². The average Bonchev–Trinajstić information content (AvgIpc) is 3.23. The number of β-amino-alcohol motifs (C(OH)–C–C–N with tert-alkyl or cyclic N) is 1. The molecular formula is C26H39N5O4S. The topological polar surface area (TPSA) is 137 Å². The lowest BCUT2D eigenvalue weighted by atomic mass is 10.0. The molecule has 0 spiro atoms. The highest BCUT2D eigenvalue weighted by Gasteiger charge is 2.40. The molecule has 1 aliphatic heterocycles. The van der Waals surface area contributed by atoms with Crippen molar-refractivity contribution in [3.63, 3.8) is 0 Å². The molecule has 1 aromatic rings. The summed E-state index contributed by atoms with van der Waals surface area (Å²) in [5, 5.41) is 15.7. The number of carbonyl (C=O) groups excluding carboxylic acids is 3. The normalized spacial score (nSPS) is 20.3. The molecule has 1 aromatic carbocycles. The van der Waals surface area contributed by atoms with Crippen LogP contribution in [0.25, 0.3) is 5.57 Å². The summed E-state index contributed by atoms with van der Waals surface area (Å²) in [5.41, 5.74) is 11.2. The van der Waals surface area contributed by atoms with Crippen LogP contribution in [0.2, 0.25) is 0 Å². The lowest BCUT2D eigenvalue weighted by Crippen LogP contribution is -2.54. The van der Waals surface area contributed by atoms with Gasteiger partial charge in [0.25, 0.3) is 0 Å². The van der Waals surface area contributed by atoms with Gasteiger partial charge in [-0.3, -0.25) is 19.4 Å². The summed E-state index contributed by atoms with van der Waals surface area (Å²) in [7, 11) is 0. The minimum atomic E-state index is -0.865. The SMILES string of the molecule is CC(/N=C\S)=C(/C)c1ccc(CNC(=O)[C@@H]2C[C@@H](O)CN2C(=O)[C@H](C)NC(=O)[C@@H](N)CC(C)C)cc1. The zero-order valence-electron chi connectivity index (χ0n) is 21.7. The molecule has 2 rings (SSSR count). The fourth-order valence-electron chi connectivity index (χ4n) is 4.12. The standard InChI is InChI=1S/C26H39N5O4S/c1-15(2)10-22(27)24(33)30-18(5)26(35)31-13-21(32)11-23(31)25(34)28-12-19-6-8-20(9-7-19)16(3)17(4)29-14-36/h6-9,14-15,18,21-23,32H,10-13,27H2,1-5H3,(H,28,34)(H,29,36)(H,30,33)/b17-16+/t18-,21+,22-,23-/m0/s1. The fourth-order valence-corrected chi connectivity index (χ4v) is 4.30. The number of thiol groups is 1. The Bertz CT molecular complexity index is 993. The Hall–Kier alpha value is -2.69. The third-order valence-electron chi connectivity index (χ3n) is 6.30. The summed E-state index contributed by atoms with van der Waals surface area (Å²) in [6.45, 7) is 9.68. The van der Waals surface area contributed by atoms with Crippen molar-refractivity contribution in [1.29, 1.82) is 0 Å². The zero-order valence-corrected chi connectivity index (χ0v) is 22.6. The van der Waals surface area contributed by atoms with E-state index in [2.05, 4.69) is 28.3 Å². The van der Waals surface area contributed by atoms with E-state index in [1.807, 2.05) is 52.0 Å². The van der Waals surface area contributed by atoms with Gasteiger partial charge in [0.2, 0.25) is 17.7 Å². The molecule has 10 heteroatoms. The van der Waals surface area contributed by atoms with E-state index in [1.54, 1.807) is 6.92 Å². The number of nitrogens with one attached hydrogen (secondary N) is 2. The Morgan fingerprint density at radius 2 is 1.86 bits per heavy atom. The first-order valence-electron chi connectivity index (χ1n) is 12.2. The van der Waals surface area contributed by atoms with Gasteiger partial charge in [0.1, 0.15) is 12.1 Å². The number of nitrogens with two attached hydrogens (primary N) is 1. The molecule has 0 aromatic heterocycles. The Morgan fingerprint density at radius 3 is 2.44 bits per heavy atom. The number of benzene rings is 1. The summed E-state index contributed by atoms with van der Waals surface area (Å²) in [6, 6.07) is 5.35. The third-order valence-corrected chi connectivity index (χ3v) is 6.42. The van der Waals surface area contributed by atoms with E-state index in [4.69, 9.17) is 5.73 Å². The van der Waals surface area contributed by atoms with Gasteiger partial charge in [-0.2, -0.15) is 0 Å². The van der Waals surface area contributed by atoms with Crippen LogP contribution in [0.3, 0.4) is 0 Å². The number of allylic oxidation sites excluding steroid dienone is 2. The van der Waals surface area contributed by atoms with Crippen LogP contribution in [0.4, 0.5) is 0 Å². The van der Waals surface area contributed by atoms with Crippen LogP contribution in [0.1, 0.15) is 58.6 Å². The predicted octanol–water partition coefficient (Wildman–Crippen LogP) is 1.85. The van der Waals surface area contributed by atoms with E-state index in [0.717, 1.165) is 22.4 Å². The van der Waals surface area contributed by atoms with Crippen LogP contribution in [-0.4, -0.2) is 64.0 Å². The van der Waals surface area contributed by atoms with E-state index in [0.29, 0.717) is 6.42 Å². The predicted molar refractivity (Wildman–Crippen MR) is 145 cm³/mol. The second-order valence-corrected chi connectivity index (χ2v) is 9.96. The number of rotatable bonds is 10. The smallest absolute Gasteiger partial charge is 0.245 e. The monoisotopic (exact) mass is 517 g/mol. The maximum Gasteiger partial charge on any atom is 0.245 e. The molecule has 0 aliphatic carbocycles. The second kappa shape index (κ2) is 13.6. The minimum Gasteiger partial charge on any atom is -0.391 e. The van der Waals surface area contributed by atoms with Gasteiger partial charge >= 0.3 is 0 Å². The van der Waals surface area contributed by atoms with Gasteiger partial charge in [0.15, 0.2) is 0 Å². The van der Waals surface area contributed by atoms with Crippen molar-refractivity contribution in [1.82, 2.24) is 15.5 Å². The number of nitrogens with zero attached hydrogens (tertiary/aromatic N) is 2. The van der Waals surface area contributed by atoms with Gasteiger partial charge in [-0.1, -0.05) is 38.1 Å². The summed E-state index contributed by atoms with van der Waals surface area (Å²) in [6.07, 6.45) is -0.174. The number of aliphatic imine (C=N–C) groups is 1. The summed E-state index contributed by atoms with van der Waals surface area (Å²) >= 11 is 4.01. The highest BCUT2D eigenvalue weighted by atomic mass is 32.1. The minimum absolute atomic E-state index is 0.0314. The molecule has 3 amide bonds. The van der Waals surface area contributed by atoms with Crippen molar-refractivity contribution < 1.29 is 19.5 Å². The lowest BCUT2D eigenvalue weighted by Gasteiger charge is -2.27. The first-order valence-corrected chi connectivity index (χ1v) is 12.7. The molecule has 1 heterocycles. The van der Waals surface area contributed by atoms with Crippen molar-refractivity contribution in [2.75, 3.05) is 6.54 Å². The van der Waals surface area contributed by atoms with Crippen LogP contribution in [0.15, 0.2) is 35.0 Å². The van der Waals surface area contributed by atoms with E-state index in [1.165, 1.54) is 10.4 Å². The van der Waals surface area contributed by atoms with E-state index in [-0.39, 0.29) is 31.3 Å². The maximum atomic E-state index is 13.0. The van der Waals surface area contributed by atoms with E-state index in [9.17, 15) is 19.5 Å². The number of amides is 3. The van der Waals surface area contributed by atoms with Gasteiger partial charge in [0.05, 0.1) is 17.7 Å². The molecule has 4 atom stereocenters. The van der Waals surface area contributed by atoms with Gasteiger partial charge in [-0.05, 0) is 49.8 Å². The number of aliphatic hydroxyl groups is 1. The Balaban J connectivity index is 1.99. The summed E-state index contributed by atoms with van der Waals surface area (Å²) < 4.78 is 0. The molecule has 198 valence electrons. The highest BCUT2D eigenvalue weighted by molar-refractivity contribution is 7.94. The number of hydrogen-bond acceptors (Lipinski definition) is 6. The summed E-state index contributed by atoms with van der Waals surface area (Å²) in [4.78, 5) is 43.8. The first-order chi connectivity index (χ1) is 16.9. The first kappa shape index (κ1) is 29.5. The molecule has 1 aliphatic rings. The van der Waals surface area contributed by atoms with Crippen molar-refractivity contribution >= 4 is 41.5 Å². The maximum absolute atomic E-state index is 13.0. The number of hydrogen-bond donors (Lipinski definition) is 5. The Labute approximate surface area is 219 Å². The van der Waals surface area contributed by atoms with Gasteiger partial charge < -0.3 is 26.4 Å². The molecule has 0 bridgehead atoms. The molecule has 0 saturated carbocycles. The van der Waals surface area contributed by atoms with Crippen molar-refractivity contribution in [2.45, 2.75) is 78.2 Å². The van der Waals surface area contributed by atoms with Crippen molar-refractivity contribution in [3.8, 4) is 0 Å². The number of likely N-dealkylation sites (tertiary alicyclic amines) is 1. The average molecular weight is 518 g/mol. The second-order valence-electron chi connectivity index (χ2n) is 9.73. The van der Waals surface area contributed by atoms with Crippen LogP contribution in [-0.2, 0) is 20.9 Å². The largest absolute Gasteiger partial charge is 0.391 e. The van der Waals surface area contributed by atoms with Crippen LogP contribution < -0.4 is 16.4 Å². The van der Waals surface area contributed by atoms with Gasteiger partial charge in [-0.25, -0.2) is 0 Å². The quantitative estimate of drug-likeness (QED) is 0.183. The molecule has 5 N–H and O–H groups in total. The Morgan fingerprint density at radius 1 is 1.22 bits per heavy atom. The van der Waals surface area contributed by atoms with Crippen molar-refractivity contribution in [2.24, 2.45) is 16.6 Å². The van der Waals surface area contributed by atoms with Crippen LogP contribution in [0.5, 0.6) is 0 Å². The number of aliphatic hydroxyl groups excluding tert-OH is 1. The van der Waals surface area contributed by atoms with Gasteiger partial charge in [-0.15, -0.1) is 12.6 Å². The molecular weight excluding hydrogens is 478 g/mol. The molecule has 0 unspecified atom stereocenters. The molecule has 36 heavy (non-hydrogen) atoms. The fraction of sp³-hybridized carbons (Fsp3) is 0.538. The molecule has 9 nitrogen and oxygen atoms in total. The van der Waals surface area contributed by atoms with E-state index < -0.39 is 36.0 Å². The highest BCUT2D eigenvalue weighted by Crippen LogP contribution is 2.21.